The van der Waals surface area contributed by atoms with Crippen molar-refractivity contribution in [3.8, 4) is 17.6 Å². The molecule has 138 valence electrons. The molecule has 0 radical (unpaired) electrons. The number of aliphatic imine (C=N–C) groups is 1. The van der Waals surface area contributed by atoms with Crippen LogP contribution in [0.2, 0.25) is 0 Å². The Bertz CT molecular complexity index is 777. The minimum atomic E-state index is 0.0877. The van der Waals surface area contributed by atoms with E-state index in [1.807, 2.05) is 7.05 Å². The molecule has 0 aromatic heterocycles. The van der Waals surface area contributed by atoms with Crippen molar-refractivity contribution < 1.29 is 4.74 Å². The first kappa shape index (κ1) is 17.4. The molecule has 1 aliphatic carbocycles. The monoisotopic (exact) mass is 351 g/mol. The number of nitrogens with zero attached hydrogens (tertiary/aromatic N) is 2. The maximum atomic E-state index is 5.70. The molecule has 1 N–H and O–H groups in total. The van der Waals surface area contributed by atoms with Gasteiger partial charge in [0, 0.05) is 12.7 Å². The van der Waals surface area contributed by atoms with Crippen LogP contribution in [0.5, 0.6) is 5.75 Å². The number of anilines is 1. The molecule has 2 fully saturated rings. The number of rotatable bonds is 2. The summed E-state index contributed by atoms with van der Waals surface area (Å²) in [6.07, 6.45) is 7.53. The quantitative estimate of drug-likeness (QED) is 0.824. The molecule has 26 heavy (non-hydrogen) atoms. The summed E-state index contributed by atoms with van der Waals surface area (Å²) in [4.78, 5) is 7.01. The van der Waals surface area contributed by atoms with Gasteiger partial charge in [-0.2, -0.15) is 0 Å². The maximum absolute atomic E-state index is 5.70. The zero-order valence-corrected chi connectivity index (χ0v) is 16.2. The van der Waals surface area contributed by atoms with Crippen LogP contribution in [0.1, 0.15) is 56.6 Å². The minimum Gasteiger partial charge on any atom is -0.495 e. The first-order chi connectivity index (χ1) is 12.7. The second-order valence-corrected chi connectivity index (χ2v) is 7.77. The lowest BCUT2D eigenvalue weighted by Crippen LogP contribution is -2.41. The molecule has 2 aliphatic heterocycles. The van der Waals surface area contributed by atoms with Gasteiger partial charge in [-0.15, -0.1) is 0 Å². The van der Waals surface area contributed by atoms with Crippen LogP contribution in [0, 0.1) is 11.8 Å². The first-order valence-corrected chi connectivity index (χ1v) is 9.90. The molecular weight excluding hydrogens is 322 g/mol. The molecule has 3 aliphatic rings. The smallest absolute Gasteiger partial charge is 0.134 e. The fraction of sp³-hybridized carbons (Fsp3) is 0.591. The van der Waals surface area contributed by atoms with E-state index in [4.69, 9.17) is 4.74 Å². The second-order valence-electron chi connectivity index (χ2n) is 7.77. The molecule has 0 bridgehead atoms. The van der Waals surface area contributed by atoms with E-state index in [0.29, 0.717) is 0 Å². The number of likely N-dealkylation sites (tertiary alicyclic amines) is 1. The summed E-state index contributed by atoms with van der Waals surface area (Å²) in [6.45, 7) is 4.54. The number of fused-ring (bicyclic) bond motifs is 2. The zero-order chi connectivity index (χ0) is 18.1. The number of benzene rings is 1. The van der Waals surface area contributed by atoms with Crippen LogP contribution in [0.3, 0.4) is 0 Å². The van der Waals surface area contributed by atoms with E-state index in [1.54, 1.807) is 7.11 Å². The average Bonchev–Trinajstić information content (AvgIpc) is 2.99. The predicted octanol–water partition coefficient (Wildman–Crippen LogP) is 3.80. The molecule has 4 heteroatoms. The highest BCUT2D eigenvalue weighted by atomic mass is 16.5. The van der Waals surface area contributed by atoms with Crippen molar-refractivity contribution >= 4 is 11.5 Å². The highest BCUT2D eigenvalue weighted by Crippen LogP contribution is 2.52. The fourth-order valence-corrected chi connectivity index (χ4v) is 4.61. The van der Waals surface area contributed by atoms with E-state index in [9.17, 15) is 0 Å². The third-order valence-electron chi connectivity index (χ3n) is 6.35. The molecular formula is C22H29N3O. The Balaban J connectivity index is 1.64. The van der Waals surface area contributed by atoms with Crippen LogP contribution in [0.15, 0.2) is 17.1 Å². The lowest BCUT2D eigenvalue weighted by atomic mass is 9.65. The molecule has 1 unspecified atom stereocenters. The third-order valence-corrected chi connectivity index (χ3v) is 6.35. The number of amidine groups is 1. The Labute approximate surface area is 157 Å². The van der Waals surface area contributed by atoms with Gasteiger partial charge in [0.1, 0.15) is 11.6 Å². The van der Waals surface area contributed by atoms with E-state index >= 15 is 0 Å². The zero-order valence-electron chi connectivity index (χ0n) is 16.2. The molecule has 1 aromatic carbocycles. The van der Waals surface area contributed by atoms with Gasteiger partial charge in [0.15, 0.2) is 0 Å². The summed E-state index contributed by atoms with van der Waals surface area (Å²) in [6, 6.07) is 4.63. The number of nitrogens with one attached hydrogen (secondary N) is 1. The maximum Gasteiger partial charge on any atom is 0.134 e. The normalized spacial score (nSPS) is 23.6. The van der Waals surface area contributed by atoms with E-state index in [0.717, 1.165) is 35.9 Å². The van der Waals surface area contributed by atoms with Crippen molar-refractivity contribution in [2.24, 2.45) is 4.99 Å². The lowest BCUT2D eigenvalue weighted by molar-refractivity contribution is 0.206. The summed E-state index contributed by atoms with van der Waals surface area (Å²) in [7, 11) is 3.62. The van der Waals surface area contributed by atoms with Gasteiger partial charge in [-0.25, -0.2) is 0 Å². The topological polar surface area (TPSA) is 36.9 Å². The largest absolute Gasteiger partial charge is 0.495 e. The average molecular weight is 351 g/mol. The number of hydrogen-bond acceptors (Lipinski definition) is 3. The SMILES string of the molecule is CN=C1Nc2cc(C#CC(C)N3CCCCC3)c(OC)cc2C12CCC2. The van der Waals surface area contributed by atoms with Crippen molar-refractivity contribution in [1.29, 1.82) is 0 Å². The third kappa shape index (κ3) is 2.79. The van der Waals surface area contributed by atoms with Crippen molar-refractivity contribution in [2.75, 3.05) is 32.6 Å². The fourth-order valence-electron chi connectivity index (χ4n) is 4.61. The van der Waals surface area contributed by atoms with Crippen molar-refractivity contribution in [1.82, 2.24) is 4.90 Å². The van der Waals surface area contributed by atoms with E-state index < -0.39 is 0 Å². The molecule has 0 amide bonds. The van der Waals surface area contributed by atoms with Gasteiger partial charge in [-0.3, -0.25) is 9.89 Å². The Morgan fingerprint density at radius 3 is 2.58 bits per heavy atom. The molecule has 1 atom stereocenters. The van der Waals surface area contributed by atoms with Crippen molar-refractivity contribution in [2.45, 2.75) is 56.9 Å². The summed E-state index contributed by atoms with van der Waals surface area (Å²) in [5, 5.41) is 3.54. The van der Waals surface area contributed by atoms with Gasteiger partial charge in [0.05, 0.1) is 24.1 Å². The Hall–Kier alpha value is -1.99. The second kappa shape index (κ2) is 6.96. The number of piperidine rings is 1. The Morgan fingerprint density at radius 2 is 1.96 bits per heavy atom. The molecule has 4 rings (SSSR count). The van der Waals surface area contributed by atoms with Crippen LogP contribution < -0.4 is 10.1 Å². The van der Waals surface area contributed by atoms with E-state index in [1.165, 1.54) is 44.1 Å². The van der Waals surface area contributed by atoms with Crippen LogP contribution in [-0.2, 0) is 5.41 Å². The van der Waals surface area contributed by atoms with Gasteiger partial charge < -0.3 is 10.1 Å². The van der Waals surface area contributed by atoms with E-state index in [2.05, 4.69) is 46.1 Å². The van der Waals surface area contributed by atoms with Gasteiger partial charge in [-0.05, 0) is 63.4 Å². The molecule has 1 spiro atoms. The highest BCUT2D eigenvalue weighted by Gasteiger charge is 2.49. The number of ether oxygens (including phenoxy) is 1. The van der Waals surface area contributed by atoms with Crippen LogP contribution in [0.4, 0.5) is 5.69 Å². The van der Waals surface area contributed by atoms with Crippen LogP contribution >= 0.6 is 0 Å². The van der Waals surface area contributed by atoms with Crippen molar-refractivity contribution in [3.63, 3.8) is 0 Å². The summed E-state index contributed by atoms with van der Waals surface area (Å²) < 4.78 is 5.70. The van der Waals surface area contributed by atoms with Gasteiger partial charge >= 0.3 is 0 Å². The van der Waals surface area contributed by atoms with Gasteiger partial charge in [0.25, 0.3) is 0 Å². The summed E-state index contributed by atoms with van der Waals surface area (Å²) in [5.41, 5.74) is 3.54. The Kier molecular flexibility index (Phi) is 4.67. The highest BCUT2D eigenvalue weighted by molar-refractivity contribution is 6.10. The summed E-state index contributed by atoms with van der Waals surface area (Å²) >= 11 is 0. The lowest BCUT2D eigenvalue weighted by Gasteiger charge is -2.38. The van der Waals surface area contributed by atoms with Crippen molar-refractivity contribution in [3.05, 3.63) is 23.3 Å². The van der Waals surface area contributed by atoms with E-state index in [-0.39, 0.29) is 11.5 Å². The number of hydrogen-bond donors (Lipinski definition) is 1. The predicted molar refractivity (Wildman–Crippen MR) is 107 cm³/mol. The Morgan fingerprint density at radius 1 is 1.19 bits per heavy atom. The minimum absolute atomic E-state index is 0.0877. The summed E-state index contributed by atoms with van der Waals surface area (Å²) in [5.74, 6) is 8.82. The number of methoxy groups -OCH3 is 1. The molecule has 1 saturated heterocycles. The molecule has 1 saturated carbocycles. The van der Waals surface area contributed by atoms with Crippen LogP contribution in [-0.4, -0.2) is 44.0 Å². The molecule has 4 nitrogen and oxygen atoms in total. The molecule has 2 heterocycles. The van der Waals surface area contributed by atoms with Gasteiger partial charge in [0.2, 0.25) is 0 Å². The first-order valence-electron chi connectivity index (χ1n) is 9.90. The molecule has 1 aromatic rings. The van der Waals surface area contributed by atoms with Crippen LogP contribution in [0.25, 0.3) is 0 Å². The standard InChI is InChI=1S/C22H29N3O/c1-16(25-12-5-4-6-13-25)8-9-17-14-19-18(15-20(17)26-3)22(10-7-11-22)21(23-2)24-19/h14-16H,4-7,10-13H2,1-3H3,(H,23,24). The van der Waals surface area contributed by atoms with Gasteiger partial charge in [-0.1, -0.05) is 24.7 Å².